The average molecular weight is 535 g/mol. The molecule has 0 radical (unpaired) electrons. The summed E-state index contributed by atoms with van der Waals surface area (Å²) in [6, 6.07) is 13.5. The van der Waals surface area contributed by atoms with Crippen LogP contribution in [0.1, 0.15) is 11.1 Å². The van der Waals surface area contributed by atoms with Crippen LogP contribution in [-0.4, -0.2) is 20.9 Å². The van der Waals surface area contributed by atoms with Crippen molar-refractivity contribution in [1.82, 2.24) is 0 Å². The van der Waals surface area contributed by atoms with Gasteiger partial charge in [-0.1, -0.05) is 23.2 Å². The lowest BCUT2D eigenvalue weighted by Gasteiger charge is -2.13. The molecular formula is C22H13Cl2FN4O5S. The fourth-order valence-electron chi connectivity index (χ4n) is 2.73. The molecule has 13 heteroatoms. The second-order valence-corrected chi connectivity index (χ2v) is 9.16. The molecule has 3 aromatic carbocycles. The van der Waals surface area contributed by atoms with Gasteiger partial charge in [0.05, 0.1) is 43.9 Å². The van der Waals surface area contributed by atoms with Crippen LogP contribution in [0.4, 0.5) is 10.1 Å². The first-order chi connectivity index (χ1) is 16.5. The molecule has 0 saturated carbocycles. The molecule has 0 spiro atoms. The molecule has 0 aromatic heterocycles. The van der Waals surface area contributed by atoms with Gasteiger partial charge in [0.25, 0.3) is 5.91 Å². The molecule has 3 N–H and O–H groups in total. The maximum atomic E-state index is 15.0. The summed E-state index contributed by atoms with van der Waals surface area (Å²) in [5, 5.41) is 25.4. The van der Waals surface area contributed by atoms with Crippen molar-refractivity contribution in [3.8, 4) is 29.4 Å². The lowest BCUT2D eigenvalue weighted by atomic mass is 10.1. The Hall–Kier alpha value is -3.87. The number of primary sulfonamides is 1. The molecule has 0 aliphatic heterocycles. The molecule has 0 unspecified atom stereocenters. The van der Waals surface area contributed by atoms with Gasteiger partial charge in [0.15, 0.2) is 18.1 Å². The fraction of sp³-hybridized carbons (Fsp3) is 0.0455. The van der Waals surface area contributed by atoms with Gasteiger partial charge in [0, 0.05) is 0 Å². The number of anilines is 1. The van der Waals surface area contributed by atoms with E-state index < -0.39 is 34.1 Å². The number of benzene rings is 3. The SMILES string of the molecule is N#Cc1cc(C#N)cc(Oc2c(Cl)ccc(OCC(=O)Nc3ccc(S(N)(=O)=O)cc3Cl)c2F)c1. The number of ether oxygens (including phenoxy) is 2. The number of hydrogen-bond acceptors (Lipinski definition) is 7. The van der Waals surface area contributed by atoms with E-state index in [2.05, 4.69) is 5.32 Å². The summed E-state index contributed by atoms with van der Waals surface area (Å²) < 4.78 is 48.4. The number of carbonyl (C=O) groups excluding carboxylic acids is 1. The number of nitrogens with zero attached hydrogens (tertiary/aromatic N) is 2. The maximum Gasteiger partial charge on any atom is 0.262 e. The van der Waals surface area contributed by atoms with Gasteiger partial charge in [-0.05, 0) is 48.5 Å². The highest BCUT2D eigenvalue weighted by molar-refractivity contribution is 7.89. The number of sulfonamides is 1. The Balaban J connectivity index is 1.75. The monoisotopic (exact) mass is 534 g/mol. The van der Waals surface area contributed by atoms with Crippen LogP contribution >= 0.6 is 23.2 Å². The van der Waals surface area contributed by atoms with Crippen LogP contribution in [0.3, 0.4) is 0 Å². The number of hydrogen-bond donors (Lipinski definition) is 2. The molecule has 0 fully saturated rings. The first-order valence-electron chi connectivity index (χ1n) is 9.38. The van der Waals surface area contributed by atoms with Crippen molar-refractivity contribution in [3.05, 3.63) is 75.5 Å². The zero-order chi connectivity index (χ0) is 25.8. The maximum absolute atomic E-state index is 15.0. The van der Waals surface area contributed by atoms with Crippen molar-refractivity contribution in [2.24, 2.45) is 5.14 Å². The minimum Gasteiger partial charge on any atom is -0.481 e. The Labute approximate surface area is 209 Å². The Morgan fingerprint density at radius 3 is 2.26 bits per heavy atom. The molecule has 0 atom stereocenters. The van der Waals surface area contributed by atoms with Crippen LogP contribution in [0, 0.1) is 28.5 Å². The van der Waals surface area contributed by atoms with E-state index in [0.717, 1.165) is 12.1 Å². The molecule has 0 aliphatic rings. The summed E-state index contributed by atoms with van der Waals surface area (Å²) in [5.74, 6) is -2.57. The largest absolute Gasteiger partial charge is 0.481 e. The standard InChI is InChI=1S/C22H13Cl2FN4O5S/c23-16-2-4-19(21(25)22(16)34-14-6-12(9-26)5-13(7-14)10-27)33-11-20(30)29-18-3-1-15(8-17(18)24)35(28,31)32/h1-8H,11H2,(H,29,30)(H2,28,31,32). The number of amides is 1. The smallest absolute Gasteiger partial charge is 0.262 e. The van der Waals surface area contributed by atoms with E-state index in [1.807, 2.05) is 12.1 Å². The van der Waals surface area contributed by atoms with Crippen molar-refractivity contribution in [1.29, 1.82) is 10.5 Å². The Morgan fingerprint density at radius 2 is 1.69 bits per heavy atom. The summed E-state index contributed by atoms with van der Waals surface area (Å²) in [5.41, 5.74) is 0.324. The summed E-state index contributed by atoms with van der Waals surface area (Å²) in [6.07, 6.45) is 0. The molecule has 0 heterocycles. The molecule has 0 aliphatic carbocycles. The Bertz CT molecular complexity index is 1490. The quantitative estimate of drug-likeness (QED) is 0.456. The van der Waals surface area contributed by atoms with Gasteiger partial charge in [0.2, 0.25) is 15.8 Å². The topological polar surface area (TPSA) is 155 Å². The third-order valence-corrected chi connectivity index (χ3v) is 5.82. The minimum atomic E-state index is -3.98. The average Bonchev–Trinajstić information content (AvgIpc) is 2.81. The van der Waals surface area contributed by atoms with Crippen LogP contribution in [0.25, 0.3) is 0 Å². The lowest BCUT2D eigenvalue weighted by molar-refractivity contribution is -0.118. The van der Waals surface area contributed by atoms with Gasteiger partial charge in [-0.15, -0.1) is 0 Å². The van der Waals surface area contributed by atoms with Gasteiger partial charge in [-0.25, -0.2) is 13.6 Å². The van der Waals surface area contributed by atoms with Gasteiger partial charge in [-0.2, -0.15) is 14.9 Å². The van der Waals surface area contributed by atoms with Crippen LogP contribution < -0.4 is 19.9 Å². The fourth-order valence-corrected chi connectivity index (χ4v) is 3.75. The van der Waals surface area contributed by atoms with E-state index in [9.17, 15) is 17.6 Å². The molecule has 0 bridgehead atoms. The summed E-state index contributed by atoms with van der Waals surface area (Å²) in [7, 11) is -3.98. The summed E-state index contributed by atoms with van der Waals surface area (Å²) in [6.45, 7) is -0.645. The van der Waals surface area contributed by atoms with Gasteiger partial charge >= 0.3 is 0 Å². The van der Waals surface area contributed by atoms with E-state index in [1.165, 1.54) is 36.4 Å². The minimum absolute atomic E-state index is 0.00567. The van der Waals surface area contributed by atoms with Crippen molar-refractivity contribution in [2.75, 3.05) is 11.9 Å². The second kappa shape index (κ2) is 10.6. The number of halogens is 3. The summed E-state index contributed by atoms with van der Waals surface area (Å²) >= 11 is 12.0. The Kier molecular flexibility index (Phi) is 7.79. The van der Waals surface area contributed by atoms with Crippen LogP contribution in [0.15, 0.2) is 53.4 Å². The molecule has 1 amide bonds. The summed E-state index contributed by atoms with van der Waals surface area (Å²) in [4.78, 5) is 12.0. The third kappa shape index (κ3) is 6.38. The number of rotatable bonds is 7. The molecule has 178 valence electrons. The van der Waals surface area contributed by atoms with Crippen molar-refractivity contribution in [2.45, 2.75) is 4.90 Å². The molecule has 3 rings (SSSR count). The second-order valence-electron chi connectivity index (χ2n) is 6.78. The number of carbonyl (C=O) groups is 1. The first kappa shape index (κ1) is 25.7. The Morgan fingerprint density at radius 1 is 1.03 bits per heavy atom. The molecule has 9 nitrogen and oxygen atoms in total. The van der Waals surface area contributed by atoms with Gasteiger partial charge in [-0.3, -0.25) is 4.79 Å². The number of nitrogens with two attached hydrogens (primary N) is 1. The van der Waals surface area contributed by atoms with E-state index in [1.54, 1.807) is 0 Å². The zero-order valence-corrected chi connectivity index (χ0v) is 19.7. The first-order valence-corrected chi connectivity index (χ1v) is 11.7. The van der Waals surface area contributed by atoms with Crippen molar-refractivity contribution in [3.63, 3.8) is 0 Å². The van der Waals surface area contributed by atoms with Crippen LogP contribution in [0.2, 0.25) is 10.0 Å². The van der Waals surface area contributed by atoms with E-state index in [-0.39, 0.29) is 43.3 Å². The third-order valence-electron chi connectivity index (χ3n) is 4.30. The van der Waals surface area contributed by atoms with Crippen LogP contribution in [0.5, 0.6) is 17.2 Å². The molecule has 35 heavy (non-hydrogen) atoms. The van der Waals surface area contributed by atoms with Crippen molar-refractivity contribution < 1.29 is 27.1 Å². The predicted octanol–water partition coefficient (Wildman–Crippen LogP) is 4.33. The van der Waals surface area contributed by atoms with Crippen molar-refractivity contribution >= 4 is 44.8 Å². The van der Waals surface area contributed by atoms with Gasteiger partial charge in [0.1, 0.15) is 5.75 Å². The van der Waals surface area contributed by atoms with E-state index in [4.69, 9.17) is 48.3 Å². The number of nitrogens with one attached hydrogen (secondary N) is 1. The van der Waals surface area contributed by atoms with E-state index >= 15 is 0 Å². The molecule has 0 saturated heterocycles. The normalized spacial score (nSPS) is 10.7. The lowest BCUT2D eigenvalue weighted by Crippen LogP contribution is -2.21. The molecular weight excluding hydrogens is 522 g/mol. The van der Waals surface area contributed by atoms with E-state index in [0.29, 0.717) is 0 Å². The highest BCUT2D eigenvalue weighted by Gasteiger charge is 2.18. The predicted molar refractivity (Wildman–Crippen MR) is 124 cm³/mol. The highest BCUT2D eigenvalue weighted by Crippen LogP contribution is 2.37. The van der Waals surface area contributed by atoms with Gasteiger partial charge < -0.3 is 14.8 Å². The number of nitriles is 2. The van der Waals surface area contributed by atoms with Crippen LogP contribution in [-0.2, 0) is 14.8 Å². The zero-order valence-electron chi connectivity index (χ0n) is 17.4. The highest BCUT2D eigenvalue weighted by atomic mass is 35.5. The molecule has 3 aromatic rings.